The van der Waals surface area contributed by atoms with Crippen LogP contribution in [0.5, 0.6) is 5.75 Å². The number of sulfone groups is 1. The Morgan fingerprint density at radius 2 is 1.92 bits per heavy atom. The fourth-order valence-corrected chi connectivity index (χ4v) is 4.09. The molecule has 3 rings (SSSR count). The van der Waals surface area contributed by atoms with E-state index in [1.807, 2.05) is 12.1 Å². The molecule has 0 radical (unpaired) electrons. The molecule has 1 aliphatic rings. The Bertz CT molecular complexity index is 816. The van der Waals surface area contributed by atoms with E-state index in [0.717, 1.165) is 18.5 Å². The Balaban J connectivity index is 1.68. The molecule has 1 fully saturated rings. The second-order valence-electron chi connectivity index (χ2n) is 5.99. The quantitative estimate of drug-likeness (QED) is 0.763. The summed E-state index contributed by atoms with van der Waals surface area (Å²) in [6.07, 6.45) is 2.92. The molecule has 0 atom stereocenters. The summed E-state index contributed by atoms with van der Waals surface area (Å²) in [5.41, 5.74) is 0.756. The molecule has 1 saturated heterocycles. The number of aromatic nitrogens is 1. The van der Waals surface area contributed by atoms with Crippen molar-refractivity contribution >= 4 is 15.5 Å². The number of anilines is 1. The number of para-hydroxylation sites is 1. The third-order valence-electron chi connectivity index (χ3n) is 4.37. The van der Waals surface area contributed by atoms with E-state index in [4.69, 9.17) is 4.74 Å². The van der Waals surface area contributed by atoms with Crippen molar-refractivity contribution in [3.8, 4) is 5.75 Å². The first kappa shape index (κ1) is 17.7. The number of hydrogen-bond acceptors (Lipinski definition) is 5. The first-order valence-corrected chi connectivity index (χ1v) is 10.00. The number of benzene rings is 1. The molecule has 5 nitrogen and oxygen atoms in total. The molecule has 0 N–H and O–H groups in total. The Kier molecular flexibility index (Phi) is 5.22. The summed E-state index contributed by atoms with van der Waals surface area (Å²) in [4.78, 5) is 6.06. The number of hydrogen-bond donors (Lipinski definition) is 0. The zero-order valence-corrected chi connectivity index (χ0v) is 14.9. The summed E-state index contributed by atoms with van der Waals surface area (Å²) in [7, 11) is -3.26. The molecule has 0 bridgehead atoms. The normalized spacial score (nSPS) is 16.0. The lowest BCUT2D eigenvalue weighted by Gasteiger charge is -2.34. The van der Waals surface area contributed by atoms with E-state index in [2.05, 4.69) is 9.88 Å². The van der Waals surface area contributed by atoms with Gasteiger partial charge in [0.1, 0.15) is 11.9 Å². The van der Waals surface area contributed by atoms with Crippen LogP contribution < -0.4 is 9.64 Å². The van der Waals surface area contributed by atoms with Crippen molar-refractivity contribution in [2.24, 2.45) is 0 Å². The van der Waals surface area contributed by atoms with Gasteiger partial charge in [0.15, 0.2) is 9.84 Å². The Labute approximate surface area is 147 Å². The van der Waals surface area contributed by atoms with Gasteiger partial charge in [-0.25, -0.2) is 13.4 Å². The number of ether oxygens (including phenoxy) is 1. The van der Waals surface area contributed by atoms with Crippen LogP contribution in [0, 0.1) is 5.95 Å². The molecule has 2 aromatic rings. The second-order valence-corrected chi connectivity index (χ2v) is 8.24. The molecule has 0 unspecified atom stereocenters. The zero-order chi connectivity index (χ0) is 17.9. The van der Waals surface area contributed by atoms with Gasteiger partial charge in [-0.3, -0.25) is 0 Å². The minimum atomic E-state index is -3.26. The fraction of sp³-hybridized carbons (Fsp3) is 0.389. The average molecular weight is 364 g/mol. The predicted molar refractivity (Wildman–Crippen MR) is 94.2 cm³/mol. The van der Waals surface area contributed by atoms with E-state index in [1.165, 1.54) is 12.3 Å². The number of nitrogens with zero attached hydrogens (tertiary/aromatic N) is 2. The lowest BCUT2D eigenvalue weighted by molar-refractivity contribution is 0.170. The average Bonchev–Trinajstić information content (AvgIpc) is 2.64. The van der Waals surface area contributed by atoms with Gasteiger partial charge in [0, 0.05) is 25.9 Å². The second kappa shape index (κ2) is 7.39. The van der Waals surface area contributed by atoms with Gasteiger partial charge in [-0.15, -0.1) is 0 Å². The van der Waals surface area contributed by atoms with Crippen LogP contribution in [-0.4, -0.2) is 38.3 Å². The van der Waals surface area contributed by atoms with Gasteiger partial charge in [0.2, 0.25) is 5.95 Å². The first-order valence-electron chi connectivity index (χ1n) is 8.34. The smallest absolute Gasteiger partial charge is 0.213 e. The molecule has 1 aromatic heterocycles. The van der Waals surface area contributed by atoms with Crippen molar-refractivity contribution in [3.05, 3.63) is 48.5 Å². The summed E-state index contributed by atoms with van der Waals surface area (Å²) in [6.45, 7) is 3.06. The first-order chi connectivity index (χ1) is 12.0. The van der Waals surface area contributed by atoms with Crippen LogP contribution in [0.3, 0.4) is 0 Å². The molecule has 0 aliphatic carbocycles. The molecular formula is C18H21FN2O3S. The van der Waals surface area contributed by atoms with Crippen LogP contribution >= 0.6 is 0 Å². The van der Waals surface area contributed by atoms with E-state index < -0.39 is 15.8 Å². The largest absolute Gasteiger partial charge is 0.489 e. The standard InChI is InChI=1S/C18H21FN2O3S/c1-2-25(22,23)17-6-4-3-5-16(17)21-11-9-14(10-12-21)24-15-7-8-18(19)20-13-15/h3-8,13-14H,2,9-12H2,1H3. The highest BCUT2D eigenvalue weighted by Gasteiger charge is 2.25. The molecule has 0 saturated carbocycles. The van der Waals surface area contributed by atoms with Crippen LogP contribution in [0.4, 0.5) is 10.1 Å². The molecule has 0 spiro atoms. The van der Waals surface area contributed by atoms with Crippen molar-refractivity contribution in [3.63, 3.8) is 0 Å². The van der Waals surface area contributed by atoms with Crippen LogP contribution in [-0.2, 0) is 9.84 Å². The van der Waals surface area contributed by atoms with E-state index >= 15 is 0 Å². The van der Waals surface area contributed by atoms with Crippen LogP contribution in [0.2, 0.25) is 0 Å². The van der Waals surface area contributed by atoms with Gasteiger partial charge in [-0.1, -0.05) is 19.1 Å². The number of halogens is 1. The van der Waals surface area contributed by atoms with E-state index in [-0.39, 0.29) is 11.9 Å². The summed E-state index contributed by atoms with van der Waals surface area (Å²) in [5.74, 6) is 0.103. The lowest BCUT2D eigenvalue weighted by atomic mass is 10.1. The van der Waals surface area contributed by atoms with Crippen LogP contribution in [0.25, 0.3) is 0 Å². The predicted octanol–water partition coefficient (Wildman–Crippen LogP) is 3.06. The molecule has 1 aliphatic heterocycles. The zero-order valence-electron chi connectivity index (χ0n) is 14.1. The molecular weight excluding hydrogens is 343 g/mol. The Hall–Kier alpha value is -2.15. The maximum absolute atomic E-state index is 12.8. The maximum atomic E-state index is 12.8. The Morgan fingerprint density at radius 1 is 1.20 bits per heavy atom. The van der Waals surface area contributed by atoms with Crippen LogP contribution in [0.1, 0.15) is 19.8 Å². The van der Waals surface area contributed by atoms with Crippen molar-refractivity contribution in [2.45, 2.75) is 30.8 Å². The minimum absolute atomic E-state index is 0.0125. The maximum Gasteiger partial charge on any atom is 0.213 e. The van der Waals surface area contributed by atoms with Gasteiger partial charge in [0.05, 0.1) is 22.5 Å². The molecule has 7 heteroatoms. The topological polar surface area (TPSA) is 59.5 Å². The van der Waals surface area contributed by atoms with Gasteiger partial charge in [-0.05, 0) is 24.3 Å². The summed E-state index contributed by atoms with van der Waals surface area (Å²) in [5, 5.41) is 0. The molecule has 2 heterocycles. The summed E-state index contributed by atoms with van der Waals surface area (Å²) in [6, 6.07) is 9.98. The number of piperidine rings is 1. The fourth-order valence-electron chi connectivity index (χ4n) is 2.98. The van der Waals surface area contributed by atoms with E-state index in [9.17, 15) is 12.8 Å². The molecule has 134 valence electrons. The van der Waals surface area contributed by atoms with Gasteiger partial charge < -0.3 is 9.64 Å². The van der Waals surface area contributed by atoms with Gasteiger partial charge >= 0.3 is 0 Å². The number of rotatable bonds is 5. The highest BCUT2D eigenvalue weighted by Crippen LogP contribution is 2.29. The highest BCUT2D eigenvalue weighted by atomic mass is 32.2. The van der Waals surface area contributed by atoms with E-state index in [0.29, 0.717) is 23.7 Å². The molecule has 25 heavy (non-hydrogen) atoms. The van der Waals surface area contributed by atoms with Crippen molar-refractivity contribution in [1.29, 1.82) is 0 Å². The van der Waals surface area contributed by atoms with Crippen molar-refractivity contribution in [2.75, 3.05) is 23.7 Å². The highest BCUT2D eigenvalue weighted by molar-refractivity contribution is 7.91. The SMILES string of the molecule is CCS(=O)(=O)c1ccccc1N1CCC(Oc2ccc(F)nc2)CC1. The third-order valence-corrected chi connectivity index (χ3v) is 6.14. The third kappa shape index (κ3) is 4.10. The van der Waals surface area contributed by atoms with Crippen molar-refractivity contribution < 1.29 is 17.5 Å². The molecule has 1 aromatic carbocycles. The summed E-state index contributed by atoms with van der Waals surface area (Å²) < 4.78 is 43.3. The van der Waals surface area contributed by atoms with Crippen molar-refractivity contribution in [1.82, 2.24) is 4.98 Å². The molecule has 0 amide bonds. The summed E-state index contributed by atoms with van der Waals surface area (Å²) >= 11 is 0. The van der Waals surface area contributed by atoms with Crippen LogP contribution in [0.15, 0.2) is 47.5 Å². The lowest BCUT2D eigenvalue weighted by Crippen LogP contribution is -2.39. The monoisotopic (exact) mass is 364 g/mol. The Morgan fingerprint density at radius 3 is 2.56 bits per heavy atom. The van der Waals surface area contributed by atoms with E-state index in [1.54, 1.807) is 25.1 Å². The minimum Gasteiger partial charge on any atom is -0.489 e. The van der Waals surface area contributed by atoms with Gasteiger partial charge in [0.25, 0.3) is 0 Å². The number of pyridine rings is 1. The van der Waals surface area contributed by atoms with Gasteiger partial charge in [-0.2, -0.15) is 4.39 Å².